The highest BCUT2D eigenvalue weighted by atomic mass is 32.1. The zero-order chi connectivity index (χ0) is 21.0. The first-order chi connectivity index (χ1) is 13.9. The van der Waals surface area contributed by atoms with Crippen molar-refractivity contribution in [3.8, 4) is 11.5 Å². The van der Waals surface area contributed by atoms with E-state index >= 15 is 0 Å². The fourth-order valence-corrected chi connectivity index (χ4v) is 4.26. The van der Waals surface area contributed by atoms with E-state index in [0.717, 1.165) is 49.1 Å². The summed E-state index contributed by atoms with van der Waals surface area (Å²) < 4.78 is 11.6. The minimum Gasteiger partial charge on any atom is -0.496 e. The van der Waals surface area contributed by atoms with Gasteiger partial charge in [-0.15, -0.1) is 11.3 Å². The van der Waals surface area contributed by atoms with Gasteiger partial charge < -0.3 is 9.47 Å². The van der Waals surface area contributed by atoms with Crippen LogP contribution in [0.3, 0.4) is 0 Å². The Hall–Kier alpha value is -2.85. The molecule has 3 aromatic rings. The number of para-hydroxylation sites is 1. The van der Waals surface area contributed by atoms with Gasteiger partial charge in [0.05, 0.1) is 7.11 Å². The Morgan fingerprint density at radius 1 is 1.03 bits per heavy atom. The molecule has 0 radical (unpaired) electrons. The molecule has 0 N–H and O–H groups in total. The number of rotatable bonds is 7. The number of carbonyl (C=O) groups is 1. The average molecular weight is 407 g/mol. The number of ketones is 1. The third-order valence-corrected chi connectivity index (χ3v) is 5.78. The molecule has 1 aromatic heterocycles. The molecule has 0 aliphatic rings. The Balaban J connectivity index is 1.79. The van der Waals surface area contributed by atoms with Crippen LogP contribution in [0.25, 0.3) is 6.08 Å². The van der Waals surface area contributed by atoms with Crippen LogP contribution in [0, 0.1) is 27.7 Å². The van der Waals surface area contributed by atoms with Crippen molar-refractivity contribution in [2.24, 2.45) is 0 Å². The highest BCUT2D eigenvalue weighted by Crippen LogP contribution is 2.27. The molecule has 150 valence electrons. The summed E-state index contributed by atoms with van der Waals surface area (Å²) in [6, 6.07) is 13.9. The molecule has 0 bridgehead atoms. The van der Waals surface area contributed by atoms with Gasteiger partial charge in [-0.3, -0.25) is 4.79 Å². The average Bonchev–Trinajstić information content (AvgIpc) is 3.04. The molecule has 0 saturated heterocycles. The highest BCUT2D eigenvalue weighted by Gasteiger charge is 2.10. The highest BCUT2D eigenvalue weighted by molar-refractivity contribution is 7.12. The summed E-state index contributed by atoms with van der Waals surface area (Å²) in [5.74, 6) is 1.69. The smallest absolute Gasteiger partial charge is 0.186 e. The third kappa shape index (κ3) is 4.96. The van der Waals surface area contributed by atoms with Gasteiger partial charge in [0.25, 0.3) is 0 Å². The maximum atomic E-state index is 12.5. The maximum absolute atomic E-state index is 12.5. The van der Waals surface area contributed by atoms with Crippen LogP contribution < -0.4 is 9.47 Å². The quantitative estimate of drug-likeness (QED) is 0.333. The van der Waals surface area contributed by atoms with E-state index in [9.17, 15) is 4.79 Å². The molecule has 0 amide bonds. The number of allylic oxidation sites excluding steroid dienone is 1. The van der Waals surface area contributed by atoms with Crippen molar-refractivity contribution < 1.29 is 14.3 Å². The molecular formula is C25H26O3S. The van der Waals surface area contributed by atoms with Gasteiger partial charge in [-0.05, 0) is 68.7 Å². The zero-order valence-electron chi connectivity index (χ0n) is 17.5. The van der Waals surface area contributed by atoms with Gasteiger partial charge in [-0.25, -0.2) is 0 Å². The summed E-state index contributed by atoms with van der Waals surface area (Å²) in [6.45, 7) is 8.48. The lowest BCUT2D eigenvalue weighted by Crippen LogP contribution is -2.01. The number of aryl methyl sites for hydroxylation is 4. The Kier molecular flexibility index (Phi) is 6.55. The predicted molar refractivity (Wildman–Crippen MR) is 120 cm³/mol. The van der Waals surface area contributed by atoms with Gasteiger partial charge in [0.2, 0.25) is 0 Å². The number of ether oxygens (including phenoxy) is 2. The second-order valence-electron chi connectivity index (χ2n) is 7.11. The third-order valence-electron chi connectivity index (χ3n) is 4.82. The lowest BCUT2D eigenvalue weighted by molar-refractivity contribution is 0.104. The van der Waals surface area contributed by atoms with Gasteiger partial charge in [-0.1, -0.05) is 30.3 Å². The summed E-state index contributed by atoms with van der Waals surface area (Å²) in [5, 5.41) is 0. The minimum absolute atomic E-state index is 0.0241. The van der Waals surface area contributed by atoms with E-state index < -0.39 is 0 Å². The summed E-state index contributed by atoms with van der Waals surface area (Å²) in [6.07, 6.45) is 3.48. The molecular weight excluding hydrogens is 380 g/mol. The number of thiophene rings is 1. The maximum Gasteiger partial charge on any atom is 0.186 e. The molecule has 3 nitrogen and oxygen atoms in total. The van der Waals surface area contributed by atoms with Gasteiger partial charge in [0, 0.05) is 20.9 Å². The predicted octanol–water partition coefficient (Wildman–Crippen LogP) is 6.47. The SMILES string of the molecule is COc1ccc(/C=C/C(=O)c2cc(C)sc2C)cc1COc1c(C)cccc1C. The second-order valence-corrected chi connectivity index (χ2v) is 8.57. The van der Waals surface area contributed by atoms with E-state index in [2.05, 4.69) is 0 Å². The molecule has 4 heteroatoms. The summed E-state index contributed by atoms with van der Waals surface area (Å²) in [5.41, 5.74) is 4.85. The molecule has 0 fully saturated rings. The zero-order valence-corrected chi connectivity index (χ0v) is 18.4. The van der Waals surface area contributed by atoms with Crippen LogP contribution in [-0.4, -0.2) is 12.9 Å². The Morgan fingerprint density at radius 3 is 2.38 bits per heavy atom. The molecule has 0 saturated carbocycles. The van der Waals surface area contributed by atoms with E-state index in [0.29, 0.717) is 6.61 Å². The van der Waals surface area contributed by atoms with Crippen LogP contribution in [0.2, 0.25) is 0 Å². The Bertz CT molecular complexity index is 1040. The first kappa shape index (κ1) is 20.9. The molecule has 0 unspecified atom stereocenters. The van der Waals surface area contributed by atoms with E-state index in [-0.39, 0.29) is 5.78 Å². The van der Waals surface area contributed by atoms with E-state index in [1.165, 1.54) is 0 Å². The Morgan fingerprint density at radius 2 is 1.76 bits per heavy atom. The molecule has 0 spiro atoms. The van der Waals surface area contributed by atoms with Crippen molar-refractivity contribution in [3.05, 3.63) is 86.1 Å². The van der Waals surface area contributed by atoms with Crippen molar-refractivity contribution in [2.75, 3.05) is 7.11 Å². The van der Waals surface area contributed by atoms with Gasteiger partial charge in [0.1, 0.15) is 18.1 Å². The van der Waals surface area contributed by atoms with Crippen molar-refractivity contribution in [1.29, 1.82) is 0 Å². The first-order valence-corrected chi connectivity index (χ1v) is 10.4. The fourth-order valence-electron chi connectivity index (χ4n) is 3.33. The molecule has 29 heavy (non-hydrogen) atoms. The molecule has 0 aliphatic carbocycles. The van der Waals surface area contributed by atoms with E-state index in [4.69, 9.17) is 9.47 Å². The number of hydrogen-bond acceptors (Lipinski definition) is 4. The number of benzene rings is 2. The lowest BCUT2D eigenvalue weighted by atomic mass is 10.1. The van der Waals surface area contributed by atoms with Gasteiger partial charge in [0.15, 0.2) is 5.78 Å². The number of methoxy groups -OCH3 is 1. The standard InChI is InChI=1S/C25H26O3S/c1-16-7-6-8-17(2)25(16)28-15-21-14-20(10-12-24(21)27-5)9-11-23(26)22-13-18(3)29-19(22)4/h6-14H,15H2,1-5H3/b11-9+. The van der Waals surface area contributed by atoms with Crippen molar-refractivity contribution in [3.63, 3.8) is 0 Å². The van der Waals surface area contributed by atoms with Crippen molar-refractivity contribution in [2.45, 2.75) is 34.3 Å². The molecule has 0 aliphatic heterocycles. The monoisotopic (exact) mass is 406 g/mol. The van der Waals surface area contributed by atoms with Gasteiger partial charge >= 0.3 is 0 Å². The summed E-state index contributed by atoms with van der Waals surface area (Å²) >= 11 is 1.65. The van der Waals surface area contributed by atoms with E-state index in [1.54, 1.807) is 24.5 Å². The van der Waals surface area contributed by atoms with Crippen LogP contribution in [0.15, 0.2) is 48.5 Å². The number of carbonyl (C=O) groups excluding carboxylic acids is 1. The lowest BCUT2D eigenvalue weighted by Gasteiger charge is -2.14. The van der Waals surface area contributed by atoms with Crippen LogP contribution in [-0.2, 0) is 6.61 Å². The van der Waals surface area contributed by atoms with Crippen LogP contribution in [0.5, 0.6) is 11.5 Å². The second kappa shape index (κ2) is 9.10. The molecule has 1 heterocycles. The molecule has 2 aromatic carbocycles. The molecule has 3 rings (SSSR count). The van der Waals surface area contributed by atoms with Crippen molar-refractivity contribution in [1.82, 2.24) is 0 Å². The summed E-state index contributed by atoms with van der Waals surface area (Å²) in [7, 11) is 1.65. The van der Waals surface area contributed by atoms with E-state index in [1.807, 2.05) is 76.2 Å². The first-order valence-electron chi connectivity index (χ1n) is 9.54. The Labute approximate surface area is 176 Å². The molecule has 0 atom stereocenters. The largest absolute Gasteiger partial charge is 0.496 e. The topological polar surface area (TPSA) is 35.5 Å². The fraction of sp³-hybridized carbons (Fsp3) is 0.240. The van der Waals surface area contributed by atoms with Gasteiger partial charge in [-0.2, -0.15) is 0 Å². The van der Waals surface area contributed by atoms with Crippen LogP contribution in [0.1, 0.15) is 42.4 Å². The van der Waals surface area contributed by atoms with Crippen LogP contribution in [0.4, 0.5) is 0 Å². The number of hydrogen-bond donors (Lipinski definition) is 0. The minimum atomic E-state index is 0.0241. The van der Waals surface area contributed by atoms with Crippen LogP contribution >= 0.6 is 11.3 Å². The normalized spacial score (nSPS) is 11.1. The summed E-state index contributed by atoms with van der Waals surface area (Å²) in [4.78, 5) is 14.7. The van der Waals surface area contributed by atoms with Crippen molar-refractivity contribution >= 4 is 23.2 Å².